The Bertz CT molecular complexity index is 508. The second-order valence-corrected chi connectivity index (χ2v) is 6.22. The van der Waals surface area contributed by atoms with E-state index in [9.17, 15) is 14.9 Å². The van der Waals surface area contributed by atoms with Crippen molar-refractivity contribution >= 4 is 18.6 Å². The van der Waals surface area contributed by atoms with E-state index in [2.05, 4.69) is 0 Å². The molecule has 5 nitrogen and oxygen atoms in total. The minimum absolute atomic E-state index is 0.0629. The first kappa shape index (κ1) is 18.7. The van der Waals surface area contributed by atoms with Gasteiger partial charge in [-0.2, -0.15) is 0 Å². The van der Waals surface area contributed by atoms with Gasteiger partial charge in [0.05, 0.1) is 24.2 Å². The van der Waals surface area contributed by atoms with Crippen LogP contribution in [0.3, 0.4) is 0 Å². The molecule has 0 heterocycles. The Hall–Kier alpha value is -1.37. The highest BCUT2D eigenvalue weighted by atomic mass is 16.5. The van der Waals surface area contributed by atoms with Crippen molar-refractivity contribution < 1.29 is 24.3 Å². The van der Waals surface area contributed by atoms with Crippen LogP contribution in [-0.4, -0.2) is 41.0 Å². The standard InChI is InChI=1S/C16H25BO5/c1-6-21-14(18)11-12-9-7-8-10-13(12)17(20)22-16(4,5)15(2,3)19/h7-10,19-20H,6,11H2,1-5H3. The molecule has 0 bridgehead atoms. The minimum Gasteiger partial charge on any atom is -0.466 e. The normalized spacial score (nSPS) is 12.1. The third-order valence-corrected chi connectivity index (χ3v) is 3.84. The van der Waals surface area contributed by atoms with E-state index in [1.165, 1.54) is 0 Å². The summed E-state index contributed by atoms with van der Waals surface area (Å²) < 4.78 is 10.6. The Morgan fingerprint density at radius 1 is 1.23 bits per heavy atom. The maximum absolute atomic E-state index is 11.6. The molecule has 0 aromatic heterocycles. The number of carbonyl (C=O) groups excluding carboxylic acids is 1. The van der Waals surface area contributed by atoms with Crippen LogP contribution in [0.2, 0.25) is 0 Å². The first-order valence-electron chi connectivity index (χ1n) is 7.40. The van der Waals surface area contributed by atoms with Crippen LogP contribution in [0.1, 0.15) is 40.2 Å². The lowest BCUT2D eigenvalue weighted by atomic mass is 9.73. The van der Waals surface area contributed by atoms with Crippen molar-refractivity contribution in [2.75, 3.05) is 6.61 Å². The highest BCUT2D eigenvalue weighted by molar-refractivity contribution is 6.60. The van der Waals surface area contributed by atoms with E-state index in [1.54, 1.807) is 58.9 Å². The molecule has 0 aliphatic carbocycles. The van der Waals surface area contributed by atoms with Gasteiger partial charge in [0.15, 0.2) is 0 Å². The molecule has 1 rings (SSSR count). The highest BCUT2D eigenvalue weighted by Gasteiger charge is 2.40. The summed E-state index contributed by atoms with van der Waals surface area (Å²) in [6.07, 6.45) is 0.0629. The molecule has 1 aromatic carbocycles. The molecule has 0 saturated heterocycles. The predicted molar refractivity (Wildman–Crippen MR) is 85.8 cm³/mol. The Balaban J connectivity index is 2.94. The molecule has 0 saturated carbocycles. The van der Waals surface area contributed by atoms with Crippen LogP contribution in [0.5, 0.6) is 0 Å². The maximum atomic E-state index is 11.6. The van der Waals surface area contributed by atoms with E-state index in [0.717, 1.165) is 0 Å². The van der Waals surface area contributed by atoms with E-state index in [-0.39, 0.29) is 12.4 Å². The van der Waals surface area contributed by atoms with Crippen LogP contribution in [-0.2, 0) is 20.6 Å². The SMILES string of the molecule is CCOC(=O)Cc1ccccc1B(O)OC(C)(C)C(C)(C)O. The molecular weight excluding hydrogens is 283 g/mol. The summed E-state index contributed by atoms with van der Waals surface area (Å²) in [4.78, 5) is 11.6. The quantitative estimate of drug-likeness (QED) is 0.581. The summed E-state index contributed by atoms with van der Waals surface area (Å²) >= 11 is 0. The van der Waals surface area contributed by atoms with Crippen LogP contribution < -0.4 is 5.46 Å². The zero-order valence-electron chi connectivity index (χ0n) is 13.9. The van der Waals surface area contributed by atoms with Crippen molar-refractivity contribution in [1.82, 2.24) is 0 Å². The maximum Gasteiger partial charge on any atom is 0.491 e. The Morgan fingerprint density at radius 2 is 1.82 bits per heavy atom. The first-order valence-corrected chi connectivity index (χ1v) is 7.40. The summed E-state index contributed by atoms with van der Waals surface area (Å²) in [5.41, 5.74) is -0.971. The van der Waals surface area contributed by atoms with Gasteiger partial charge >= 0.3 is 13.1 Å². The number of benzene rings is 1. The van der Waals surface area contributed by atoms with E-state index in [0.29, 0.717) is 17.6 Å². The third kappa shape index (κ3) is 4.83. The number of esters is 1. The lowest BCUT2D eigenvalue weighted by Crippen LogP contribution is -2.53. The molecular formula is C16H25BO5. The van der Waals surface area contributed by atoms with Crippen LogP contribution in [0.15, 0.2) is 24.3 Å². The number of hydrogen-bond acceptors (Lipinski definition) is 5. The van der Waals surface area contributed by atoms with Gasteiger partial charge in [-0.15, -0.1) is 0 Å². The molecule has 0 aliphatic heterocycles. The van der Waals surface area contributed by atoms with Crippen molar-refractivity contribution in [3.8, 4) is 0 Å². The number of carbonyl (C=O) groups is 1. The lowest BCUT2D eigenvalue weighted by molar-refractivity contribution is -0.142. The first-order chi connectivity index (χ1) is 10.1. The Kier molecular flexibility index (Phi) is 6.17. The van der Waals surface area contributed by atoms with Gasteiger partial charge in [0, 0.05) is 0 Å². The van der Waals surface area contributed by atoms with Crippen molar-refractivity contribution in [3.05, 3.63) is 29.8 Å². The fourth-order valence-corrected chi connectivity index (χ4v) is 1.79. The minimum atomic E-state index is -1.24. The van der Waals surface area contributed by atoms with Crippen molar-refractivity contribution in [1.29, 1.82) is 0 Å². The van der Waals surface area contributed by atoms with Gasteiger partial charge in [0.1, 0.15) is 0 Å². The van der Waals surface area contributed by atoms with E-state index >= 15 is 0 Å². The largest absolute Gasteiger partial charge is 0.491 e. The number of hydrogen-bond donors (Lipinski definition) is 2. The molecule has 22 heavy (non-hydrogen) atoms. The molecule has 2 N–H and O–H groups in total. The molecule has 0 aliphatic rings. The smallest absolute Gasteiger partial charge is 0.466 e. The number of aliphatic hydroxyl groups is 1. The summed E-state index contributed by atoms with van der Waals surface area (Å²) in [6, 6.07) is 6.98. The number of ether oxygens (including phenoxy) is 1. The number of rotatable bonds is 7. The molecule has 0 amide bonds. The average molecular weight is 308 g/mol. The zero-order valence-corrected chi connectivity index (χ0v) is 13.9. The van der Waals surface area contributed by atoms with Crippen molar-refractivity contribution in [2.45, 2.75) is 52.2 Å². The molecule has 1 aromatic rings. The lowest BCUT2D eigenvalue weighted by Gasteiger charge is -2.38. The van der Waals surface area contributed by atoms with Gasteiger partial charge in [-0.05, 0) is 45.6 Å². The van der Waals surface area contributed by atoms with Crippen molar-refractivity contribution in [3.63, 3.8) is 0 Å². The fourth-order valence-electron chi connectivity index (χ4n) is 1.79. The van der Waals surface area contributed by atoms with Crippen LogP contribution in [0.25, 0.3) is 0 Å². The molecule has 0 radical (unpaired) electrons. The summed E-state index contributed by atoms with van der Waals surface area (Å²) in [5, 5.41) is 20.5. The van der Waals surface area contributed by atoms with Gasteiger partial charge in [0.2, 0.25) is 0 Å². The molecule has 0 spiro atoms. The summed E-state index contributed by atoms with van der Waals surface area (Å²) in [6.45, 7) is 8.68. The van der Waals surface area contributed by atoms with E-state index in [1.807, 2.05) is 0 Å². The Morgan fingerprint density at radius 3 is 2.36 bits per heavy atom. The van der Waals surface area contributed by atoms with Gasteiger partial charge in [0.25, 0.3) is 0 Å². The molecule has 0 unspecified atom stereocenters. The van der Waals surface area contributed by atoms with Gasteiger partial charge in [-0.25, -0.2) is 0 Å². The predicted octanol–water partition coefficient (Wildman–Crippen LogP) is 1.05. The Labute approximate surface area is 132 Å². The second kappa shape index (κ2) is 7.27. The molecule has 6 heteroatoms. The second-order valence-electron chi connectivity index (χ2n) is 6.22. The molecule has 122 valence electrons. The monoisotopic (exact) mass is 308 g/mol. The summed E-state index contributed by atoms with van der Waals surface area (Å²) in [7, 11) is -1.24. The average Bonchev–Trinajstić information content (AvgIpc) is 2.37. The van der Waals surface area contributed by atoms with Crippen LogP contribution >= 0.6 is 0 Å². The van der Waals surface area contributed by atoms with Crippen molar-refractivity contribution in [2.24, 2.45) is 0 Å². The third-order valence-electron chi connectivity index (χ3n) is 3.84. The van der Waals surface area contributed by atoms with Crippen LogP contribution in [0, 0.1) is 0 Å². The fraction of sp³-hybridized carbons (Fsp3) is 0.562. The molecule has 0 fully saturated rings. The van der Waals surface area contributed by atoms with Gasteiger partial charge in [-0.3, -0.25) is 4.79 Å². The highest BCUT2D eigenvalue weighted by Crippen LogP contribution is 2.25. The topological polar surface area (TPSA) is 76.0 Å². The van der Waals surface area contributed by atoms with Gasteiger partial charge < -0.3 is 19.5 Å². The molecule has 0 atom stereocenters. The van der Waals surface area contributed by atoms with E-state index < -0.39 is 18.3 Å². The summed E-state index contributed by atoms with van der Waals surface area (Å²) in [5.74, 6) is -0.358. The van der Waals surface area contributed by atoms with Gasteiger partial charge in [-0.1, -0.05) is 24.3 Å². The van der Waals surface area contributed by atoms with Crippen LogP contribution in [0.4, 0.5) is 0 Å². The van der Waals surface area contributed by atoms with E-state index in [4.69, 9.17) is 9.39 Å². The zero-order chi connectivity index (χ0) is 17.0.